The second kappa shape index (κ2) is 5.76. The normalized spacial score (nSPS) is 21.4. The quantitative estimate of drug-likeness (QED) is 0.461. The molecule has 0 saturated heterocycles. The predicted molar refractivity (Wildman–Crippen MR) is 116 cm³/mol. The van der Waals surface area contributed by atoms with Crippen LogP contribution in [-0.4, -0.2) is 34.9 Å². The van der Waals surface area contributed by atoms with Crippen LogP contribution in [-0.2, 0) is 12.5 Å². The van der Waals surface area contributed by atoms with Crippen molar-refractivity contribution in [2.45, 2.75) is 11.8 Å². The summed E-state index contributed by atoms with van der Waals surface area (Å²) in [5, 5.41) is 14.0. The number of pyridine rings is 1. The summed E-state index contributed by atoms with van der Waals surface area (Å²) in [7, 11) is 1.94. The van der Waals surface area contributed by atoms with Crippen molar-refractivity contribution in [1.82, 2.24) is 34.9 Å². The number of imidazole rings is 1. The Kier molecular flexibility index (Phi) is 3.18. The van der Waals surface area contributed by atoms with Crippen molar-refractivity contribution in [3.63, 3.8) is 0 Å². The van der Waals surface area contributed by atoms with E-state index < -0.39 is 0 Å². The summed E-state index contributed by atoms with van der Waals surface area (Å²) in [5.74, 6) is 1.13. The van der Waals surface area contributed by atoms with Gasteiger partial charge in [0.1, 0.15) is 11.2 Å². The molecule has 31 heavy (non-hydrogen) atoms. The second-order valence-corrected chi connectivity index (χ2v) is 9.27. The number of rotatable bonds is 3. The fourth-order valence-corrected chi connectivity index (χ4v) is 5.46. The number of nitrogens with one attached hydrogen (secondary N) is 2. The standard InChI is InChI=1S/C22H16FN7S/c1-30-10-12(7-25-30)22-5-11(22)4-15-13(6-22)20(29-28-15)21-26-16-9-24-8-14(19(16)27-21)17-2-3-18(23)31-17/h2-4,6-11,28H,5H2,1H3,(H,26,27). The van der Waals surface area contributed by atoms with E-state index in [1.165, 1.54) is 11.6 Å². The molecule has 2 unspecified atom stereocenters. The van der Waals surface area contributed by atoms with Gasteiger partial charge in [0.25, 0.3) is 0 Å². The first-order valence-electron chi connectivity index (χ1n) is 9.99. The van der Waals surface area contributed by atoms with E-state index in [0.29, 0.717) is 11.7 Å². The van der Waals surface area contributed by atoms with Gasteiger partial charge in [-0.2, -0.15) is 14.6 Å². The number of thiophene rings is 1. The smallest absolute Gasteiger partial charge is 0.176 e. The highest BCUT2D eigenvalue weighted by Crippen LogP contribution is 2.57. The molecule has 2 N–H and O–H groups in total. The molecule has 0 bridgehead atoms. The number of hydrogen-bond donors (Lipinski definition) is 2. The molecule has 0 amide bonds. The first-order chi connectivity index (χ1) is 15.1. The van der Waals surface area contributed by atoms with E-state index >= 15 is 0 Å². The Balaban J connectivity index is 1.40. The number of nitrogens with zero attached hydrogens (tertiary/aromatic N) is 5. The van der Waals surface area contributed by atoms with Crippen molar-refractivity contribution in [3.05, 3.63) is 58.2 Å². The molecule has 1 fully saturated rings. The highest BCUT2D eigenvalue weighted by Gasteiger charge is 2.54. The van der Waals surface area contributed by atoms with E-state index in [-0.39, 0.29) is 10.5 Å². The zero-order valence-corrected chi connectivity index (χ0v) is 17.2. The van der Waals surface area contributed by atoms with E-state index in [9.17, 15) is 4.39 Å². The summed E-state index contributed by atoms with van der Waals surface area (Å²) >= 11 is 1.09. The third-order valence-corrected chi connectivity index (χ3v) is 7.27. The maximum Gasteiger partial charge on any atom is 0.176 e. The first kappa shape index (κ1) is 17.1. The lowest BCUT2D eigenvalue weighted by Gasteiger charge is -2.11. The number of fused-ring (bicyclic) bond motifs is 3. The molecular formula is C22H16FN7S. The Morgan fingerprint density at radius 3 is 3.00 bits per heavy atom. The molecule has 0 spiro atoms. The van der Waals surface area contributed by atoms with Gasteiger partial charge in [0.05, 0.1) is 23.3 Å². The molecule has 2 atom stereocenters. The van der Waals surface area contributed by atoms with Crippen molar-refractivity contribution in [3.8, 4) is 22.0 Å². The molecule has 9 heteroatoms. The second-order valence-electron chi connectivity index (χ2n) is 8.24. The van der Waals surface area contributed by atoms with Gasteiger partial charge < -0.3 is 4.98 Å². The molecule has 5 aromatic heterocycles. The van der Waals surface area contributed by atoms with Crippen LogP contribution in [0.3, 0.4) is 0 Å². The number of aromatic amines is 2. The average molecular weight is 429 g/mol. The summed E-state index contributed by atoms with van der Waals surface area (Å²) in [6.07, 6.45) is 13.2. The van der Waals surface area contributed by atoms with Crippen molar-refractivity contribution >= 4 is 34.5 Å². The van der Waals surface area contributed by atoms with Gasteiger partial charge >= 0.3 is 0 Å². The highest BCUT2D eigenvalue weighted by atomic mass is 32.1. The Hall–Kier alpha value is -3.59. The van der Waals surface area contributed by atoms with Crippen LogP contribution in [0.4, 0.5) is 4.39 Å². The average Bonchev–Trinajstić information content (AvgIpc) is 3.26. The first-order valence-corrected chi connectivity index (χ1v) is 10.8. The van der Waals surface area contributed by atoms with E-state index in [1.807, 2.05) is 17.9 Å². The van der Waals surface area contributed by atoms with Crippen LogP contribution >= 0.6 is 11.3 Å². The van der Waals surface area contributed by atoms with Crippen LogP contribution < -0.4 is 10.6 Å². The van der Waals surface area contributed by atoms with Crippen molar-refractivity contribution < 1.29 is 4.39 Å². The summed E-state index contributed by atoms with van der Waals surface area (Å²) in [6.45, 7) is 0. The van der Waals surface area contributed by atoms with Crippen molar-refractivity contribution in [2.24, 2.45) is 13.0 Å². The minimum atomic E-state index is -0.228. The van der Waals surface area contributed by atoms with Crippen LogP contribution in [0.15, 0.2) is 36.9 Å². The number of H-pyrrole nitrogens is 2. The van der Waals surface area contributed by atoms with Gasteiger partial charge in [0.2, 0.25) is 0 Å². The molecule has 0 aliphatic heterocycles. The van der Waals surface area contributed by atoms with E-state index in [4.69, 9.17) is 4.98 Å². The van der Waals surface area contributed by atoms with Gasteiger partial charge in [0, 0.05) is 46.1 Å². The molecule has 5 heterocycles. The number of halogens is 1. The molecule has 5 aromatic rings. The van der Waals surface area contributed by atoms with Crippen LogP contribution in [0.25, 0.3) is 45.1 Å². The summed E-state index contributed by atoms with van der Waals surface area (Å²) in [4.78, 5) is 13.3. The zero-order chi connectivity index (χ0) is 20.7. The van der Waals surface area contributed by atoms with E-state index in [2.05, 4.69) is 43.6 Å². The molecule has 2 aliphatic rings. The molecule has 1 saturated carbocycles. The molecule has 7 nitrogen and oxygen atoms in total. The predicted octanol–water partition coefficient (Wildman–Crippen LogP) is 2.48. The molecule has 7 rings (SSSR count). The molecular weight excluding hydrogens is 413 g/mol. The topological polar surface area (TPSA) is 88.1 Å². The number of hydrogen-bond acceptors (Lipinski definition) is 5. The zero-order valence-electron chi connectivity index (χ0n) is 16.4. The van der Waals surface area contributed by atoms with E-state index in [0.717, 1.165) is 55.5 Å². The maximum atomic E-state index is 13.6. The summed E-state index contributed by atoms with van der Waals surface area (Å²) in [6, 6.07) is 3.22. The minimum absolute atomic E-state index is 0.0207. The molecule has 0 aromatic carbocycles. The molecule has 0 radical (unpaired) electrons. The Labute approximate surface area is 179 Å². The number of aryl methyl sites for hydroxylation is 1. The van der Waals surface area contributed by atoms with Crippen molar-refractivity contribution in [1.29, 1.82) is 0 Å². The highest BCUT2D eigenvalue weighted by molar-refractivity contribution is 7.14. The lowest BCUT2D eigenvalue weighted by Crippen LogP contribution is -2.30. The van der Waals surface area contributed by atoms with Gasteiger partial charge in [-0.3, -0.25) is 14.8 Å². The molecule has 2 aliphatic carbocycles. The fourth-order valence-electron chi connectivity index (χ4n) is 4.72. The Morgan fingerprint density at radius 2 is 2.19 bits per heavy atom. The fraction of sp³-hybridized carbons (Fsp3) is 0.182. The summed E-state index contributed by atoms with van der Waals surface area (Å²) < 4.78 is 15.4. The Bertz CT molecular complexity index is 1620. The maximum absolute atomic E-state index is 13.6. The van der Waals surface area contributed by atoms with Gasteiger partial charge in [-0.05, 0) is 24.5 Å². The lowest BCUT2D eigenvalue weighted by molar-refractivity contribution is 0.657. The summed E-state index contributed by atoms with van der Waals surface area (Å²) in [5.41, 5.74) is 4.35. The third kappa shape index (κ3) is 2.37. The number of aromatic nitrogens is 7. The van der Waals surface area contributed by atoms with Gasteiger partial charge in [0.15, 0.2) is 11.0 Å². The largest absolute Gasteiger partial charge is 0.335 e. The van der Waals surface area contributed by atoms with Crippen molar-refractivity contribution in [2.75, 3.05) is 0 Å². The van der Waals surface area contributed by atoms with Crippen LogP contribution in [0, 0.1) is 11.0 Å². The Morgan fingerprint density at radius 1 is 1.26 bits per heavy atom. The van der Waals surface area contributed by atoms with Crippen LogP contribution in [0.2, 0.25) is 0 Å². The van der Waals surface area contributed by atoms with Gasteiger partial charge in [-0.15, -0.1) is 11.3 Å². The molecule has 152 valence electrons. The van der Waals surface area contributed by atoms with Crippen LogP contribution in [0.1, 0.15) is 12.0 Å². The van der Waals surface area contributed by atoms with Gasteiger partial charge in [-0.25, -0.2) is 4.98 Å². The van der Waals surface area contributed by atoms with Crippen LogP contribution in [0.5, 0.6) is 0 Å². The third-order valence-electron chi connectivity index (χ3n) is 6.36. The lowest BCUT2D eigenvalue weighted by atomic mass is 9.92. The SMILES string of the molecule is Cn1cc(C23C=c4c(-c5nc6c(-c7ccc(F)s7)cncc6[nH]5)n[nH]c4=CC2C3)cn1. The monoisotopic (exact) mass is 429 g/mol. The minimum Gasteiger partial charge on any atom is -0.335 e. The van der Waals surface area contributed by atoms with Gasteiger partial charge in [-0.1, -0.05) is 12.2 Å². The van der Waals surface area contributed by atoms with E-state index in [1.54, 1.807) is 18.5 Å².